The highest BCUT2D eigenvalue weighted by Gasteiger charge is 2.23. The Bertz CT molecular complexity index is 1370. The van der Waals surface area contributed by atoms with E-state index in [1.807, 2.05) is 26.8 Å². The van der Waals surface area contributed by atoms with Crippen molar-refractivity contribution >= 4 is 33.2 Å². The van der Waals surface area contributed by atoms with Gasteiger partial charge in [-0.05, 0) is 98.0 Å². The predicted molar refractivity (Wildman–Crippen MR) is 142 cm³/mol. The van der Waals surface area contributed by atoms with E-state index in [-0.39, 0.29) is 27.4 Å². The summed E-state index contributed by atoms with van der Waals surface area (Å²) in [5, 5.41) is 3.13. The summed E-state index contributed by atoms with van der Waals surface area (Å²) in [5.74, 6) is -0.338. The van der Waals surface area contributed by atoms with Crippen molar-refractivity contribution in [2.75, 3.05) is 4.72 Å². The van der Waals surface area contributed by atoms with E-state index in [2.05, 4.69) is 28.2 Å². The summed E-state index contributed by atoms with van der Waals surface area (Å²) >= 11 is 6.27. The van der Waals surface area contributed by atoms with Crippen LogP contribution >= 0.6 is 11.6 Å². The van der Waals surface area contributed by atoms with Crippen LogP contribution in [0.2, 0.25) is 5.02 Å². The Balaban J connectivity index is 1.57. The number of benzene rings is 3. The lowest BCUT2D eigenvalue weighted by molar-refractivity contribution is 0.0935. The summed E-state index contributed by atoms with van der Waals surface area (Å²) in [4.78, 5) is 13.0. The Morgan fingerprint density at radius 2 is 1.74 bits per heavy atom. The van der Waals surface area contributed by atoms with Gasteiger partial charge in [-0.25, -0.2) is 8.42 Å². The Hall–Kier alpha value is -2.83. The minimum atomic E-state index is -4.00. The molecular weight excluding hydrogens is 480 g/mol. The van der Waals surface area contributed by atoms with Crippen molar-refractivity contribution in [2.24, 2.45) is 0 Å². The molecule has 0 saturated carbocycles. The minimum Gasteiger partial charge on any atom is -0.345 e. The molecule has 1 unspecified atom stereocenters. The molecule has 0 aliphatic heterocycles. The first-order valence-electron chi connectivity index (χ1n) is 12.0. The molecule has 5 nitrogen and oxygen atoms in total. The molecule has 3 aromatic carbocycles. The molecule has 0 radical (unpaired) electrons. The van der Waals surface area contributed by atoms with Crippen molar-refractivity contribution in [2.45, 2.75) is 63.8 Å². The van der Waals surface area contributed by atoms with Crippen molar-refractivity contribution in [3.8, 4) is 0 Å². The van der Waals surface area contributed by atoms with Gasteiger partial charge in [0.05, 0.1) is 16.8 Å². The molecule has 35 heavy (non-hydrogen) atoms. The maximum atomic E-state index is 13.2. The van der Waals surface area contributed by atoms with Crippen molar-refractivity contribution in [3.63, 3.8) is 0 Å². The average Bonchev–Trinajstić information content (AvgIpc) is 2.85. The zero-order chi connectivity index (χ0) is 25.2. The third kappa shape index (κ3) is 5.54. The summed E-state index contributed by atoms with van der Waals surface area (Å²) in [6.07, 6.45) is 5.31. The van der Waals surface area contributed by atoms with E-state index in [1.165, 1.54) is 36.1 Å². The van der Waals surface area contributed by atoms with Gasteiger partial charge < -0.3 is 5.32 Å². The van der Waals surface area contributed by atoms with E-state index in [1.54, 1.807) is 18.2 Å². The fourth-order valence-electron chi connectivity index (χ4n) is 4.54. The van der Waals surface area contributed by atoms with Crippen LogP contribution < -0.4 is 10.0 Å². The van der Waals surface area contributed by atoms with E-state index in [9.17, 15) is 13.2 Å². The van der Waals surface area contributed by atoms with E-state index in [0.29, 0.717) is 5.69 Å². The first-order chi connectivity index (χ1) is 16.7. The summed E-state index contributed by atoms with van der Waals surface area (Å²) in [6.45, 7) is 5.79. The number of hydrogen-bond acceptors (Lipinski definition) is 3. The highest BCUT2D eigenvalue weighted by atomic mass is 35.5. The molecule has 3 aromatic rings. The average molecular weight is 511 g/mol. The van der Waals surface area contributed by atoms with E-state index in [0.717, 1.165) is 36.0 Å². The number of aryl methyl sites for hydroxylation is 3. The zero-order valence-electron chi connectivity index (χ0n) is 20.3. The maximum Gasteiger partial charge on any atom is 0.263 e. The quantitative estimate of drug-likeness (QED) is 0.380. The van der Waals surface area contributed by atoms with Crippen LogP contribution in [0.15, 0.2) is 59.5 Å². The lowest BCUT2D eigenvalue weighted by atomic mass is 9.88. The highest BCUT2D eigenvalue weighted by Crippen LogP contribution is 2.29. The molecule has 1 aliphatic rings. The van der Waals surface area contributed by atoms with Crippen molar-refractivity contribution < 1.29 is 13.2 Å². The first kappa shape index (κ1) is 25.3. The minimum absolute atomic E-state index is 0.0566. The van der Waals surface area contributed by atoms with Gasteiger partial charge in [0.25, 0.3) is 15.9 Å². The molecule has 0 saturated heterocycles. The molecule has 1 atom stereocenters. The number of carbonyl (C=O) groups is 1. The highest BCUT2D eigenvalue weighted by molar-refractivity contribution is 7.92. The zero-order valence-corrected chi connectivity index (χ0v) is 21.9. The molecular formula is C28H31ClN2O3S. The van der Waals surface area contributed by atoms with Gasteiger partial charge in [0.2, 0.25) is 0 Å². The van der Waals surface area contributed by atoms with Crippen LogP contribution in [0, 0.1) is 13.8 Å². The molecule has 1 aliphatic carbocycles. The summed E-state index contributed by atoms with van der Waals surface area (Å²) in [5.41, 5.74) is 6.35. The lowest BCUT2D eigenvalue weighted by Gasteiger charge is -2.22. The second-order valence-electron chi connectivity index (χ2n) is 9.17. The monoisotopic (exact) mass is 510 g/mol. The standard InChI is InChI=1S/C28H31ClN2O3S/c1-4-25(22-13-12-20-9-5-6-10-21(20)16-22)30-28(32)23-14-15-24(29)27(17-23)35(33,34)31-26-11-7-8-18(2)19(26)3/h7-8,11-17,25,31H,4-6,9-10H2,1-3H3,(H,30,32). The second kappa shape index (κ2) is 10.4. The van der Waals surface area contributed by atoms with Crippen LogP contribution in [0.5, 0.6) is 0 Å². The molecule has 2 N–H and O–H groups in total. The van der Waals surface area contributed by atoms with Gasteiger partial charge in [-0.2, -0.15) is 0 Å². The molecule has 1 amide bonds. The number of nitrogens with one attached hydrogen (secondary N) is 2. The molecule has 0 heterocycles. The van der Waals surface area contributed by atoms with Gasteiger partial charge in [0, 0.05) is 5.56 Å². The van der Waals surface area contributed by atoms with Crippen LogP contribution in [0.4, 0.5) is 5.69 Å². The topological polar surface area (TPSA) is 75.3 Å². The summed E-state index contributed by atoms with van der Waals surface area (Å²) in [7, 11) is -4.00. The van der Waals surface area contributed by atoms with E-state index >= 15 is 0 Å². The normalized spacial score (nSPS) is 14.2. The number of amides is 1. The number of fused-ring (bicyclic) bond motifs is 1. The van der Waals surface area contributed by atoms with Crippen LogP contribution in [-0.4, -0.2) is 14.3 Å². The Kier molecular flexibility index (Phi) is 7.53. The van der Waals surface area contributed by atoms with Crippen LogP contribution in [0.25, 0.3) is 0 Å². The van der Waals surface area contributed by atoms with Gasteiger partial charge >= 0.3 is 0 Å². The van der Waals surface area contributed by atoms with Crippen molar-refractivity contribution in [3.05, 3.63) is 93.0 Å². The van der Waals surface area contributed by atoms with E-state index < -0.39 is 10.0 Å². The Morgan fingerprint density at radius 3 is 2.49 bits per heavy atom. The molecule has 0 spiro atoms. The van der Waals surface area contributed by atoms with Crippen LogP contribution in [0.1, 0.15) is 70.4 Å². The first-order valence-corrected chi connectivity index (χ1v) is 13.9. The SMILES string of the molecule is CCC(NC(=O)c1ccc(Cl)c(S(=O)(=O)Nc2cccc(C)c2C)c1)c1ccc2c(c1)CCCC2. The van der Waals surface area contributed by atoms with Crippen molar-refractivity contribution in [1.82, 2.24) is 5.32 Å². The van der Waals surface area contributed by atoms with Gasteiger partial charge in [-0.3, -0.25) is 9.52 Å². The van der Waals surface area contributed by atoms with Gasteiger partial charge in [-0.1, -0.05) is 48.9 Å². The number of halogens is 1. The second-order valence-corrected chi connectivity index (χ2v) is 11.2. The van der Waals surface area contributed by atoms with Crippen LogP contribution in [0.3, 0.4) is 0 Å². The molecule has 0 bridgehead atoms. The number of carbonyl (C=O) groups excluding carboxylic acids is 1. The van der Waals surface area contributed by atoms with Gasteiger partial charge in [-0.15, -0.1) is 0 Å². The predicted octanol–water partition coefficient (Wildman–Crippen LogP) is 6.52. The molecule has 0 fully saturated rings. The third-order valence-electron chi connectivity index (χ3n) is 6.82. The van der Waals surface area contributed by atoms with Crippen molar-refractivity contribution in [1.29, 1.82) is 0 Å². The summed E-state index contributed by atoms with van der Waals surface area (Å²) in [6, 6.07) is 16.0. The Morgan fingerprint density at radius 1 is 1.00 bits per heavy atom. The third-order valence-corrected chi connectivity index (χ3v) is 8.67. The molecule has 7 heteroatoms. The largest absolute Gasteiger partial charge is 0.345 e. The molecule has 184 valence electrons. The Labute approximate surface area is 213 Å². The van der Waals surface area contributed by atoms with Gasteiger partial charge in [0.1, 0.15) is 4.90 Å². The lowest BCUT2D eigenvalue weighted by Crippen LogP contribution is -2.28. The number of sulfonamides is 1. The fraction of sp³-hybridized carbons (Fsp3) is 0.321. The van der Waals surface area contributed by atoms with Crippen LogP contribution in [-0.2, 0) is 22.9 Å². The summed E-state index contributed by atoms with van der Waals surface area (Å²) < 4.78 is 29.0. The van der Waals surface area contributed by atoms with Gasteiger partial charge in [0.15, 0.2) is 0 Å². The van der Waals surface area contributed by atoms with E-state index in [4.69, 9.17) is 11.6 Å². The molecule has 4 rings (SSSR count). The number of hydrogen-bond donors (Lipinski definition) is 2. The number of rotatable bonds is 7. The fourth-order valence-corrected chi connectivity index (χ4v) is 6.19. The molecule has 0 aromatic heterocycles. The maximum absolute atomic E-state index is 13.2. The smallest absolute Gasteiger partial charge is 0.263 e. The number of anilines is 1.